The quantitative estimate of drug-likeness (QED) is 0.487. The maximum Gasteiger partial charge on any atom is 0.254 e. The van der Waals surface area contributed by atoms with Gasteiger partial charge in [-0.1, -0.05) is 83.5 Å². The second-order valence-electron chi connectivity index (χ2n) is 8.23. The van der Waals surface area contributed by atoms with Gasteiger partial charge in [0.2, 0.25) is 5.91 Å². The number of benzene rings is 3. The molecule has 4 rings (SSSR count). The number of halogens is 1. The van der Waals surface area contributed by atoms with Crippen molar-refractivity contribution in [3.8, 4) is 11.1 Å². The van der Waals surface area contributed by atoms with Crippen LogP contribution in [0.2, 0.25) is 5.02 Å². The molecule has 0 unspecified atom stereocenters. The number of hydrogen-bond acceptors (Lipinski definition) is 5. The highest BCUT2D eigenvalue weighted by atomic mass is 35.5. The minimum Gasteiger partial charge on any atom is -0.399 e. The molecule has 180 valence electrons. The zero-order valence-corrected chi connectivity index (χ0v) is 20.0. The molecular weight excluding hydrogens is 466 g/mol. The van der Waals surface area contributed by atoms with Crippen LogP contribution in [0.4, 0.5) is 0 Å². The second kappa shape index (κ2) is 11.2. The molecule has 35 heavy (non-hydrogen) atoms. The Labute approximate surface area is 209 Å². The number of carbonyl (C=O) groups is 2. The van der Waals surface area contributed by atoms with Gasteiger partial charge in [0, 0.05) is 29.1 Å². The normalized spacial score (nSPS) is 17.3. The maximum atomic E-state index is 13.4. The van der Waals surface area contributed by atoms with E-state index in [4.69, 9.17) is 16.4 Å². The van der Waals surface area contributed by atoms with Gasteiger partial charge in [0.15, 0.2) is 0 Å². The molecule has 0 spiro atoms. The van der Waals surface area contributed by atoms with Gasteiger partial charge in [-0.3, -0.25) is 9.59 Å². The Morgan fingerprint density at radius 1 is 1.11 bits per heavy atom. The van der Waals surface area contributed by atoms with Crippen LogP contribution in [0.3, 0.4) is 0 Å². The minimum atomic E-state index is -0.859. The zero-order chi connectivity index (χ0) is 24.8. The fourth-order valence-electron chi connectivity index (χ4n) is 4.12. The van der Waals surface area contributed by atoms with Gasteiger partial charge in [-0.05, 0) is 23.3 Å². The highest BCUT2D eigenvalue weighted by Gasteiger charge is 2.38. The van der Waals surface area contributed by atoms with Crippen LogP contribution >= 0.6 is 11.6 Å². The lowest BCUT2D eigenvalue weighted by atomic mass is 10.0. The molecule has 1 saturated heterocycles. The molecule has 2 amide bonds. The SMILES string of the molecule is CON=C1C[C@@H](C(=O)NC[C@@H](O)c2ccccc2)N(C(=O)c2ccc(-c3ccccc3)c(Cl)c2)C1. The van der Waals surface area contributed by atoms with E-state index < -0.39 is 12.1 Å². The van der Waals surface area contributed by atoms with Gasteiger partial charge < -0.3 is 20.2 Å². The van der Waals surface area contributed by atoms with E-state index >= 15 is 0 Å². The van der Waals surface area contributed by atoms with Gasteiger partial charge in [0.1, 0.15) is 13.2 Å². The van der Waals surface area contributed by atoms with Gasteiger partial charge in [-0.15, -0.1) is 0 Å². The lowest BCUT2D eigenvalue weighted by Gasteiger charge is -2.24. The first-order valence-electron chi connectivity index (χ1n) is 11.2. The van der Waals surface area contributed by atoms with Crippen molar-refractivity contribution >= 4 is 29.1 Å². The molecule has 0 aromatic heterocycles. The van der Waals surface area contributed by atoms with Crippen molar-refractivity contribution in [3.05, 3.63) is 95.0 Å². The monoisotopic (exact) mass is 491 g/mol. The summed E-state index contributed by atoms with van der Waals surface area (Å²) in [6.07, 6.45) is -0.620. The second-order valence-corrected chi connectivity index (χ2v) is 8.63. The molecule has 1 aliphatic heterocycles. The number of oxime groups is 1. The van der Waals surface area contributed by atoms with Crippen molar-refractivity contribution in [1.29, 1.82) is 0 Å². The molecule has 3 aromatic rings. The Kier molecular flexibility index (Phi) is 7.80. The lowest BCUT2D eigenvalue weighted by molar-refractivity contribution is -0.125. The van der Waals surface area contributed by atoms with Gasteiger partial charge in [0.25, 0.3) is 5.91 Å². The molecule has 1 heterocycles. The molecule has 7 nitrogen and oxygen atoms in total. The minimum absolute atomic E-state index is 0.0235. The van der Waals surface area contributed by atoms with E-state index in [9.17, 15) is 14.7 Å². The van der Waals surface area contributed by atoms with E-state index in [1.54, 1.807) is 30.3 Å². The summed E-state index contributed by atoms with van der Waals surface area (Å²) < 4.78 is 0. The average Bonchev–Trinajstić information content (AvgIpc) is 3.32. The Balaban J connectivity index is 1.51. The van der Waals surface area contributed by atoms with E-state index in [0.29, 0.717) is 21.9 Å². The summed E-state index contributed by atoms with van der Waals surface area (Å²) in [6.45, 7) is 0.180. The molecule has 0 saturated carbocycles. The van der Waals surface area contributed by atoms with Gasteiger partial charge in [-0.25, -0.2) is 0 Å². The molecule has 0 aliphatic carbocycles. The van der Waals surface area contributed by atoms with Crippen molar-refractivity contribution in [2.45, 2.75) is 18.6 Å². The zero-order valence-electron chi connectivity index (χ0n) is 19.2. The number of hydrogen-bond donors (Lipinski definition) is 2. The van der Waals surface area contributed by atoms with Crippen LogP contribution in [0.5, 0.6) is 0 Å². The third-order valence-electron chi connectivity index (χ3n) is 5.90. The number of carbonyl (C=O) groups excluding carboxylic acids is 2. The van der Waals surface area contributed by atoms with Crippen LogP contribution in [-0.4, -0.2) is 53.8 Å². The Bertz CT molecular complexity index is 1220. The summed E-state index contributed by atoms with van der Waals surface area (Å²) in [7, 11) is 1.42. The fourth-order valence-corrected chi connectivity index (χ4v) is 4.41. The van der Waals surface area contributed by atoms with Gasteiger partial charge in [0.05, 0.1) is 18.4 Å². The largest absolute Gasteiger partial charge is 0.399 e. The summed E-state index contributed by atoms with van der Waals surface area (Å²) in [5, 5.41) is 17.6. The van der Waals surface area contributed by atoms with E-state index in [1.165, 1.54) is 12.0 Å². The third kappa shape index (κ3) is 5.70. The first kappa shape index (κ1) is 24.4. The number of amides is 2. The predicted octanol–water partition coefficient (Wildman–Crippen LogP) is 4.07. The Morgan fingerprint density at radius 2 is 1.80 bits per heavy atom. The first-order chi connectivity index (χ1) is 17.0. The number of aliphatic hydroxyl groups is 1. The maximum absolute atomic E-state index is 13.4. The van der Waals surface area contributed by atoms with Crippen molar-refractivity contribution < 1.29 is 19.5 Å². The van der Waals surface area contributed by atoms with Crippen LogP contribution < -0.4 is 5.32 Å². The summed E-state index contributed by atoms with van der Waals surface area (Å²) in [5.74, 6) is -0.710. The molecule has 1 fully saturated rings. The number of nitrogens with zero attached hydrogens (tertiary/aromatic N) is 2. The highest BCUT2D eigenvalue weighted by Crippen LogP contribution is 2.30. The predicted molar refractivity (Wildman–Crippen MR) is 135 cm³/mol. The van der Waals surface area contributed by atoms with Crippen molar-refractivity contribution in [3.63, 3.8) is 0 Å². The summed E-state index contributed by atoms with van der Waals surface area (Å²) in [4.78, 5) is 32.8. The molecule has 2 atom stereocenters. The molecule has 3 aromatic carbocycles. The molecule has 1 aliphatic rings. The van der Waals surface area contributed by atoms with Crippen molar-refractivity contribution in [2.75, 3.05) is 20.2 Å². The van der Waals surface area contributed by atoms with Crippen LogP contribution in [0.25, 0.3) is 11.1 Å². The van der Waals surface area contributed by atoms with E-state index in [0.717, 1.165) is 11.1 Å². The van der Waals surface area contributed by atoms with Gasteiger partial charge >= 0.3 is 0 Å². The van der Waals surface area contributed by atoms with Crippen molar-refractivity contribution in [2.24, 2.45) is 5.16 Å². The summed E-state index contributed by atoms with van der Waals surface area (Å²) in [5.41, 5.74) is 3.41. The molecule has 2 N–H and O–H groups in total. The molecular formula is C27H26ClN3O4. The third-order valence-corrected chi connectivity index (χ3v) is 6.21. The topological polar surface area (TPSA) is 91.2 Å². The van der Waals surface area contributed by atoms with E-state index in [-0.39, 0.29) is 31.3 Å². The number of rotatable bonds is 7. The summed E-state index contributed by atoms with van der Waals surface area (Å²) >= 11 is 6.51. The standard InChI is InChI=1S/C27H26ClN3O4/c1-35-30-21-15-24(26(33)29-16-25(32)19-10-6-3-7-11-19)31(17-21)27(34)20-12-13-22(23(28)14-20)18-8-4-2-5-9-18/h2-14,24-25,32H,15-17H2,1H3,(H,29,33)/t24-,25+/m0/s1. The number of likely N-dealkylation sites (tertiary alicyclic amines) is 1. The lowest BCUT2D eigenvalue weighted by Crippen LogP contribution is -2.46. The van der Waals surface area contributed by atoms with Crippen LogP contribution in [0.1, 0.15) is 28.4 Å². The van der Waals surface area contributed by atoms with E-state index in [1.807, 2.05) is 48.5 Å². The van der Waals surface area contributed by atoms with Crippen LogP contribution in [0.15, 0.2) is 84.0 Å². The van der Waals surface area contributed by atoms with Crippen LogP contribution in [0, 0.1) is 0 Å². The average molecular weight is 492 g/mol. The number of aliphatic hydroxyl groups excluding tert-OH is 1. The fraction of sp³-hybridized carbons (Fsp3) is 0.222. The summed E-state index contributed by atoms with van der Waals surface area (Å²) in [6, 6.07) is 23.1. The van der Waals surface area contributed by atoms with Crippen molar-refractivity contribution in [1.82, 2.24) is 10.2 Å². The molecule has 0 bridgehead atoms. The first-order valence-corrected chi connectivity index (χ1v) is 11.6. The molecule has 8 heteroatoms. The van der Waals surface area contributed by atoms with Gasteiger partial charge in [-0.2, -0.15) is 0 Å². The Hall–Kier alpha value is -3.68. The number of nitrogens with one attached hydrogen (secondary N) is 1. The van der Waals surface area contributed by atoms with Crippen LogP contribution in [-0.2, 0) is 9.63 Å². The molecule has 0 radical (unpaired) electrons. The smallest absolute Gasteiger partial charge is 0.254 e. The van der Waals surface area contributed by atoms with E-state index in [2.05, 4.69) is 10.5 Å². The highest BCUT2D eigenvalue weighted by molar-refractivity contribution is 6.33. The Morgan fingerprint density at radius 3 is 2.46 bits per heavy atom.